The number of rotatable bonds is 5. The van der Waals surface area contributed by atoms with Gasteiger partial charge in [-0.15, -0.1) is 0 Å². The van der Waals surface area contributed by atoms with Gasteiger partial charge >= 0.3 is 0 Å². The first-order valence-electron chi connectivity index (χ1n) is 6.78. The molecule has 0 bridgehead atoms. The highest BCUT2D eigenvalue weighted by Gasteiger charge is 2.08. The molecular weight excluding hydrogens is 232 g/mol. The minimum Gasteiger partial charge on any atom is -0.344 e. The summed E-state index contributed by atoms with van der Waals surface area (Å²) >= 11 is 0. The predicted molar refractivity (Wildman–Crippen MR) is 82.9 cm³/mol. The molecule has 0 spiro atoms. The van der Waals surface area contributed by atoms with Crippen LogP contribution in [-0.4, -0.2) is 13.1 Å². The fourth-order valence-electron chi connectivity index (χ4n) is 2.09. The number of hydrogen-bond donors (Lipinski definition) is 1. The molecule has 0 fully saturated rings. The van der Waals surface area contributed by atoms with Crippen LogP contribution in [0.1, 0.15) is 19.4 Å². The summed E-state index contributed by atoms with van der Waals surface area (Å²) in [7, 11) is 2.11. The second-order valence-corrected chi connectivity index (χ2v) is 5.06. The molecule has 0 amide bonds. The van der Waals surface area contributed by atoms with E-state index < -0.39 is 0 Å². The lowest BCUT2D eigenvalue weighted by Gasteiger charge is -2.23. The molecule has 0 heterocycles. The second-order valence-electron chi connectivity index (χ2n) is 5.06. The van der Waals surface area contributed by atoms with Gasteiger partial charge in [0.05, 0.1) is 0 Å². The first-order chi connectivity index (χ1) is 9.18. The van der Waals surface area contributed by atoms with Crippen molar-refractivity contribution in [2.75, 3.05) is 11.9 Å². The number of para-hydroxylation sites is 2. The van der Waals surface area contributed by atoms with Crippen molar-refractivity contribution < 1.29 is 0 Å². The van der Waals surface area contributed by atoms with E-state index in [-0.39, 0.29) is 0 Å². The maximum atomic E-state index is 3.48. The molecule has 0 aliphatic heterocycles. The average molecular weight is 254 g/mol. The lowest BCUT2D eigenvalue weighted by atomic mass is 10.1. The topological polar surface area (TPSA) is 15.3 Å². The zero-order valence-electron chi connectivity index (χ0n) is 11.9. The van der Waals surface area contributed by atoms with Crippen molar-refractivity contribution in [1.82, 2.24) is 5.32 Å². The molecule has 0 aromatic heterocycles. The van der Waals surface area contributed by atoms with Gasteiger partial charge in [-0.2, -0.15) is 0 Å². The monoisotopic (exact) mass is 254 g/mol. The third kappa shape index (κ3) is 3.58. The molecule has 19 heavy (non-hydrogen) atoms. The van der Waals surface area contributed by atoms with Crippen LogP contribution in [0.4, 0.5) is 11.4 Å². The van der Waals surface area contributed by atoms with Crippen molar-refractivity contribution in [2.24, 2.45) is 0 Å². The molecule has 2 aromatic rings. The molecule has 100 valence electrons. The Kier molecular flexibility index (Phi) is 4.58. The number of nitrogens with one attached hydrogen (secondary N) is 1. The van der Waals surface area contributed by atoms with Gasteiger partial charge in [0.1, 0.15) is 0 Å². The Bertz CT molecular complexity index is 506. The Balaban J connectivity index is 2.24. The van der Waals surface area contributed by atoms with Crippen molar-refractivity contribution in [3.05, 3.63) is 60.2 Å². The standard InChI is InChI=1S/C17H22N2/c1-14(2)18-13-15-9-7-8-12-17(15)19(3)16-10-5-4-6-11-16/h4-12,14,18H,13H2,1-3H3. The van der Waals surface area contributed by atoms with Gasteiger partial charge in [0, 0.05) is 31.0 Å². The highest BCUT2D eigenvalue weighted by Crippen LogP contribution is 2.26. The van der Waals surface area contributed by atoms with Gasteiger partial charge in [0.2, 0.25) is 0 Å². The van der Waals surface area contributed by atoms with E-state index in [1.165, 1.54) is 16.9 Å². The van der Waals surface area contributed by atoms with Crippen LogP contribution in [0, 0.1) is 0 Å². The molecule has 0 atom stereocenters. The van der Waals surface area contributed by atoms with Crippen LogP contribution < -0.4 is 10.2 Å². The second kappa shape index (κ2) is 6.39. The van der Waals surface area contributed by atoms with Gasteiger partial charge in [-0.05, 0) is 23.8 Å². The fourth-order valence-corrected chi connectivity index (χ4v) is 2.09. The summed E-state index contributed by atoms with van der Waals surface area (Å²) in [4.78, 5) is 2.23. The van der Waals surface area contributed by atoms with Crippen LogP contribution in [0.25, 0.3) is 0 Å². The van der Waals surface area contributed by atoms with Crippen LogP contribution in [-0.2, 0) is 6.54 Å². The largest absolute Gasteiger partial charge is 0.344 e. The zero-order chi connectivity index (χ0) is 13.7. The smallest absolute Gasteiger partial charge is 0.0453 e. The Morgan fingerprint density at radius 2 is 1.58 bits per heavy atom. The van der Waals surface area contributed by atoms with Gasteiger partial charge in [0.25, 0.3) is 0 Å². The summed E-state index contributed by atoms with van der Waals surface area (Å²) in [6, 6.07) is 19.5. The number of anilines is 2. The van der Waals surface area contributed by atoms with Crippen molar-refractivity contribution in [1.29, 1.82) is 0 Å². The van der Waals surface area contributed by atoms with E-state index in [1.54, 1.807) is 0 Å². The zero-order valence-corrected chi connectivity index (χ0v) is 11.9. The lowest BCUT2D eigenvalue weighted by Crippen LogP contribution is -2.23. The average Bonchev–Trinajstić information content (AvgIpc) is 2.45. The van der Waals surface area contributed by atoms with E-state index in [4.69, 9.17) is 0 Å². The number of nitrogens with zero attached hydrogens (tertiary/aromatic N) is 1. The summed E-state index contributed by atoms with van der Waals surface area (Å²) in [6.07, 6.45) is 0. The maximum Gasteiger partial charge on any atom is 0.0453 e. The summed E-state index contributed by atoms with van der Waals surface area (Å²) in [5.74, 6) is 0. The van der Waals surface area contributed by atoms with E-state index in [0.717, 1.165) is 6.54 Å². The Labute approximate surface area is 116 Å². The third-order valence-electron chi connectivity index (χ3n) is 3.20. The minimum absolute atomic E-state index is 0.495. The molecule has 2 rings (SSSR count). The highest BCUT2D eigenvalue weighted by molar-refractivity contribution is 5.65. The highest BCUT2D eigenvalue weighted by atomic mass is 15.1. The van der Waals surface area contributed by atoms with E-state index in [2.05, 4.69) is 79.6 Å². The quantitative estimate of drug-likeness (QED) is 0.869. The Hall–Kier alpha value is -1.80. The Morgan fingerprint density at radius 1 is 0.947 bits per heavy atom. The molecule has 0 saturated carbocycles. The van der Waals surface area contributed by atoms with Crippen molar-refractivity contribution in [2.45, 2.75) is 26.4 Å². The van der Waals surface area contributed by atoms with Crippen LogP contribution in [0.5, 0.6) is 0 Å². The van der Waals surface area contributed by atoms with Crippen LogP contribution in [0.2, 0.25) is 0 Å². The first-order valence-corrected chi connectivity index (χ1v) is 6.78. The number of hydrogen-bond acceptors (Lipinski definition) is 2. The number of benzene rings is 2. The van der Waals surface area contributed by atoms with Crippen LogP contribution in [0.15, 0.2) is 54.6 Å². The molecule has 0 saturated heterocycles. The molecule has 0 aliphatic carbocycles. The van der Waals surface area contributed by atoms with Gasteiger partial charge in [-0.25, -0.2) is 0 Å². The summed E-state index contributed by atoms with van der Waals surface area (Å²) in [5.41, 5.74) is 3.78. The summed E-state index contributed by atoms with van der Waals surface area (Å²) < 4.78 is 0. The normalized spacial score (nSPS) is 10.7. The van der Waals surface area contributed by atoms with Crippen molar-refractivity contribution >= 4 is 11.4 Å². The maximum absolute atomic E-state index is 3.48. The SMILES string of the molecule is CC(C)NCc1ccccc1N(C)c1ccccc1. The molecule has 1 N–H and O–H groups in total. The third-order valence-corrected chi connectivity index (χ3v) is 3.20. The van der Waals surface area contributed by atoms with Gasteiger partial charge in [-0.3, -0.25) is 0 Å². The first kappa shape index (κ1) is 13.6. The molecule has 2 aromatic carbocycles. The summed E-state index contributed by atoms with van der Waals surface area (Å²) in [6.45, 7) is 5.23. The fraction of sp³-hybridized carbons (Fsp3) is 0.294. The molecule has 0 aliphatic rings. The van der Waals surface area contributed by atoms with Crippen LogP contribution in [0.3, 0.4) is 0 Å². The van der Waals surface area contributed by atoms with Gasteiger partial charge in [0.15, 0.2) is 0 Å². The summed E-state index contributed by atoms with van der Waals surface area (Å²) in [5, 5.41) is 3.48. The van der Waals surface area contributed by atoms with E-state index in [1.807, 2.05) is 6.07 Å². The minimum atomic E-state index is 0.495. The van der Waals surface area contributed by atoms with Gasteiger partial charge < -0.3 is 10.2 Å². The van der Waals surface area contributed by atoms with Crippen molar-refractivity contribution in [3.8, 4) is 0 Å². The van der Waals surface area contributed by atoms with Gasteiger partial charge in [-0.1, -0.05) is 50.2 Å². The molecule has 2 heteroatoms. The molecule has 0 radical (unpaired) electrons. The lowest BCUT2D eigenvalue weighted by molar-refractivity contribution is 0.589. The van der Waals surface area contributed by atoms with E-state index in [9.17, 15) is 0 Å². The van der Waals surface area contributed by atoms with Crippen LogP contribution >= 0.6 is 0 Å². The molecule has 0 unspecified atom stereocenters. The Morgan fingerprint density at radius 3 is 2.26 bits per heavy atom. The molecular formula is C17H22N2. The van der Waals surface area contributed by atoms with E-state index in [0.29, 0.717) is 6.04 Å². The van der Waals surface area contributed by atoms with Crippen molar-refractivity contribution in [3.63, 3.8) is 0 Å². The van der Waals surface area contributed by atoms with E-state index >= 15 is 0 Å². The molecule has 2 nitrogen and oxygen atoms in total. The predicted octanol–water partition coefficient (Wildman–Crippen LogP) is 3.95.